The van der Waals surface area contributed by atoms with Crippen molar-refractivity contribution < 1.29 is 48.6 Å². The summed E-state index contributed by atoms with van der Waals surface area (Å²) in [6.07, 6.45) is 3.38. The maximum Gasteiger partial charge on any atom is 0.326 e. The number of hydrogen-bond donors (Lipinski definition) is 13. The fourth-order valence-electron chi connectivity index (χ4n) is 8.71. The van der Waals surface area contributed by atoms with Gasteiger partial charge in [-0.3, -0.25) is 39.0 Å². The number of aromatic amines is 1. The number of nitrogens with one attached hydrogen (secondary N) is 10. The highest BCUT2D eigenvalue weighted by atomic mass is 16.4. The summed E-state index contributed by atoms with van der Waals surface area (Å²) in [7, 11) is 1.56. The summed E-state index contributed by atoms with van der Waals surface area (Å²) in [5.41, 5.74) is 7.13. The Labute approximate surface area is 435 Å². The average Bonchev–Trinajstić information content (AvgIpc) is 4.08. The number of imidazole rings is 1. The van der Waals surface area contributed by atoms with Gasteiger partial charge in [0, 0.05) is 37.7 Å². The molecule has 1 aromatic heterocycles. The number of likely N-dealkylation sites (tertiary alicyclic amines) is 1. The van der Waals surface area contributed by atoms with Crippen molar-refractivity contribution in [1.82, 2.24) is 57.4 Å². The third-order valence-electron chi connectivity index (χ3n) is 12.7. The fourth-order valence-corrected chi connectivity index (χ4v) is 8.71. The lowest BCUT2D eigenvalue weighted by atomic mass is 9.98. The number of amidine groups is 1. The number of carboxylic acids is 1. The number of H-pyrrole nitrogens is 1. The molecule has 3 aromatic carbocycles. The summed E-state index contributed by atoms with van der Waals surface area (Å²) in [5.74, 6) is -7.31. The van der Waals surface area contributed by atoms with Gasteiger partial charge in [-0.2, -0.15) is 0 Å². The third kappa shape index (κ3) is 17.3. The van der Waals surface area contributed by atoms with Gasteiger partial charge in [-0.15, -0.1) is 0 Å². The standard InChI is InChI=1S/C52H71N13O10/c1-29(2)44(63-46(68)37(59-43(67)27-55-5)18-19-56-26-42(53)54)49(71)60-38(22-31-13-16-36(66)17-14-31)47(69)64-45(30(3)4)50(72)61-39(24-35-25-57-28-58-35)51(73)65-20-8-11-41(65)48(70)62-40(52(74)75)23-32-12-15-33-9-6-7-10-34(33)21-32/h6-7,9-10,12-17,21,25,28-30,37-41,44-45,55-56,66H,8,11,18-20,22-24,26-27H2,1-5H3,(H3,53,54)(H,57,58)(H,59,67)(H,60,71)(H,61,72)(H,62,70)(H,63,68)(H,64,69)(H,74,75). The van der Waals surface area contributed by atoms with Crippen LogP contribution in [0.3, 0.4) is 0 Å². The van der Waals surface area contributed by atoms with Crippen LogP contribution in [0, 0.1) is 17.2 Å². The predicted octanol–water partition coefficient (Wildman–Crippen LogP) is -0.272. The maximum atomic E-state index is 14.6. The van der Waals surface area contributed by atoms with E-state index in [1.165, 1.54) is 29.6 Å². The number of nitrogens with zero attached hydrogens (tertiary/aromatic N) is 2. The lowest BCUT2D eigenvalue weighted by molar-refractivity contribution is -0.145. The average molecular weight is 1040 g/mol. The summed E-state index contributed by atoms with van der Waals surface area (Å²) >= 11 is 0. The third-order valence-corrected chi connectivity index (χ3v) is 12.7. The summed E-state index contributed by atoms with van der Waals surface area (Å²) < 4.78 is 0. The maximum absolute atomic E-state index is 14.6. The monoisotopic (exact) mass is 1040 g/mol. The molecule has 5 rings (SSSR count). The van der Waals surface area contributed by atoms with Crippen LogP contribution < -0.4 is 48.3 Å². The zero-order valence-electron chi connectivity index (χ0n) is 42.9. The van der Waals surface area contributed by atoms with Crippen molar-refractivity contribution in [3.05, 3.63) is 96.1 Å². The van der Waals surface area contributed by atoms with Crippen LogP contribution in [0.25, 0.3) is 10.8 Å². The van der Waals surface area contributed by atoms with Crippen molar-refractivity contribution in [2.45, 2.75) is 109 Å². The molecule has 14 N–H and O–H groups in total. The van der Waals surface area contributed by atoms with E-state index in [1.807, 2.05) is 36.4 Å². The number of aromatic nitrogens is 2. The molecule has 0 aliphatic carbocycles. The molecule has 23 heteroatoms. The first kappa shape index (κ1) is 58.0. The van der Waals surface area contributed by atoms with Gasteiger partial charge in [0.05, 0.1) is 19.4 Å². The van der Waals surface area contributed by atoms with Crippen molar-refractivity contribution in [1.29, 1.82) is 5.41 Å². The molecule has 2 heterocycles. The van der Waals surface area contributed by atoms with Crippen molar-refractivity contribution in [2.24, 2.45) is 17.6 Å². The quantitative estimate of drug-likeness (QED) is 0.0198. The molecule has 1 fully saturated rings. The molecule has 0 saturated carbocycles. The number of likely N-dealkylation sites (N-methyl/N-ethyl adjacent to an activating group) is 1. The molecule has 0 bridgehead atoms. The van der Waals surface area contributed by atoms with Gasteiger partial charge in [-0.05, 0) is 78.7 Å². The Kier molecular flexibility index (Phi) is 21.6. The van der Waals surface area contributed by atoms with Gasteiger partial charge in [-0.25, -0.2) is 9.78 Å². The number of aliphatic carboxylic acids is 1. The molecular formula is C52H71N13O10. The number of rotatable bonds is 28. The topological polar surface area (TPSA) is 355 Å². The molecule has 75 heavy (non-hydrogen) atoms. The number of carbonyl (C=O) groups is 8. The molecule has 404 valence electrons. The molecule has 0 spiro atoms. The van der Waals surface area contributed by atoms with Crippen molar-refractivity contribution in [3.63, 3.8) is 0 Å². The molecule has 1 aliphatic heterocycles. The van der Waals surface area contributed by atoms with Gasteiger partial charge in [0.25, 0.3) is 0 Å². The van der Waals surface area contributed by atoms with Crippen molar-refractivity contribution in [3.8, 4) is 5.75 Å². The molecule has 23 nitrogen and oxygen atoms in total. The van der Waals surface area contributed by atoms with E-state index in [2.05, 4.69) is 52.5 Å². The lowest BCUT2D eigenvalue weighted by Crippen LogP contribution is -2.62. The Morgan fingerprint density at radius 3 is 1.95 bits per heavy atom. The highest BCUT2D eigenvalue weighted by Crippen LogP contribution is 2.22. The number of carboxylic acid groups (broad SMARTS) is 1. The number of hydrogen-bond acceptors (Lipinski definition) is 13. The number of amides is 7. The second kappa shape index (κ2) is 27.9. The molecule has 1 saturated heterocycles. The Morgan fingerprint density at radius 1 is 0.733 bits per heavy atom. The second-order valence-corrected chi connectivity index (χ2v) is 19.4. The minimum atomic E-state index is -1.36. The zero-order chi connectivity index (χ0) is 54.8. The lowest BCUT2D eigenvalue weighted by Gasteiger charge is -2.31. The molecule has 7 unspecified atom stereocenters. The van der Waals surface area contributed by atoms with Crippen LogP contribution in [0.15, 0.2) is 79.3 Å². The Bertz CT molecular complexity index is 2630. The van der Waals surface area contributed by atoms with Crippen molar-refractivity contribution >= 4 is 63.9 Å². The summed E-state index contributed by atoms with van der Waals surface area (Å²) in [6.45, 7) is 6.99. The number of nitrogens with two attached hydrogens (primary N) is 1. The smallest absolute Gasteiger partial charge is 0.326 e. The molecular weight excluding hydrogens is 967 g/mol. The number of phenols is 1. The summed E-state index contributed by atoms with van der Waals surface area (Å²) in [4.78, 5) is 119. The first-order valence-corrected chi connectivity index (χ1v) is 25.0. The van der Waals surface area contributed by atoms with E-state index in [-0.39, 0.29) is 69.9 Å². The van der Waals surface area contributed by atoms with Gasteiger partial charge in [-0.1, -0.05) is 82.3 Å². The first-order chi connectivity index (χ1) is 35.7. The van der Waals surface area contributed by atoms with E-state index in [0.717, 1.165) is 10.8 Å². The van der Waals surface area contributed by atoms with E-state index in [0.29, 0.717) is 23.2 Å². The van der Waals surface area contributed by atoms with Crippen LogP contribution >= 0.6 is 0 Å². The minimum absolute atomic E-state index is 0.0105. The van der Waals surface area contributed by atoms with E-state index >= 15 is 0 Å². The van der Waals surface area contributed by atoms with Gasteiger partial charge >= 0.3 is 5.97 Å². The Morgan fingerprint density at radius 2 is 1.35 bits per heavy atom. The fraction of sp³-hybridized carbons (Fsp3) is 0.462. The normalized spacial score (nSPS) is 15.7. The zero-order valence-corrected chi connectivity index (χ0v) is 42.9. The second-order valence-electron chi connectivity index (χ2n) is 19.4. The number of fused-ring (bicyclic) bond motifs is 1. The van der Waals surface area contributed by atoms with E-state index in [4.69, 9.17) is 11.1 Å². The highest BCUT2D eigenvalue weighted by molar-refractivity contribution is 5.98. The number of benzene rings is 3. The van der Waals surface area contributed by atoms with Crippen LogP contribution in [0.2, 0.25) is 0 Å². The van der Waals surface area contributed by atoms with E-state index < -0.39 is 101 Å². The van der Waals surface area contributed by atoms with Crippen molar-refractivity contribution in [2.75, 3.05) is 33.2 Å². The molecule has 7 amide bonds. The van der Waals surface area contributed by atoms with E-state index in [9.17, 15) is 48.6 Å². The van der Waals surface area contributed by atoms with Crippen LogP contribution in [0.5, 0.6) is 5.75 Å². The molecule has 1 aliphatic rings. The summed E-state index contributed by atoms with van der Waals surface area (Å²) in [5, 5.41) is 51.5. The minimum Gasteiger partial charge on any atom is -0.508 e. The SMILES string of the molecule is CNCC(=O)NC(CCNCC(=N)N)C(=O)NC(C(=O)NC(Cc1ccc(O)cc1)C(=O)NC(C(=O)NC(Cc1cnc[nH]1)C(=O)N1CCCC1C(=O)NC(Cc1ccc2ccccc2c1)C(=O)O)C(C)C)C(C)C. The first-order valence-electron chi connectivity index (χ1n) is 25.0. The highest BCUT2D eigenvalue weighted by Gasteiger charge is 2.41. The van der Waals surface area contributed by atoms with E-state index in [1.54, 1.807) is 52.9 Å². The molecule has 0 radical (unpaired) electrons. The largest absolute Gasteiger partial charge is 0.508 e. The van der Waals surface area contributed by atoms with Crippen LogP contribution in [-0.2, 0) is 57.6 Å². The number of phenolic OH excluding ortho intramolecular Hbond substituents is 1. The van der Waals surface area contributed by atoms with Gasteiger partial charge in [0.1, 0.15) is 53.9 Å². The van der Waals surface area contributed by atoms with Crippen LogP contribution in [0.1, 0.15) is 63.8 Å². The van der Waals surface area contributed by atoms with Crippen LogP contribution in [-0.4, -0.2) is 154 Å². The van der Waals surface area contributed by atoms with Gasteiger partial charge in [0.15, 0.2) is 0 Å². The summed E-state index contributed by atoms with van der Waals surface area (Å²) in [6, 6.07) is 10.4. The molecule has 7 atom stereocenters. The predicted molar refractivity (Wildman–Crippen MR) is 279 cm³/mol. The van der Waals surface area contributed by atoms with Crippen LogP contribution in [0.4, 0.5) is 0 Å². The Hall–Kier alpha value is -7.92. The Balaban J connectivity index is 1.33. The van der Waals surface area contributed by atoms with Gasteiger partial charge < -0.3 is 68.4 Å². The number of carbonyl (C=O) groups excluding carboxylic acids is 7. The van der Waals surface area contributed by atoms with Gasteiger partial charge in [0.2, 0.25) is 41.4 Å². The molecule has 4 aromatic rings. The number of aromatic hydroxyl groups is 1.